The van der Waals surface area contributed by atoms with Crippen LogP contribution in [0.25, 0.3) is 0 Å². The lowest BCUT2D eigenvalue weighted by molar-refractivity contribution is 0.327. The topological polar surface area (TPSA) is 28.4 Å². The highest BCUT2D eigenvalue weighted by Gasteiger charge is 2.08. The molecule has 2 rings (SSSR count). The molecule has 0 aliphatic rings. The summed E-state index contributed by atoms with van der Waals surface area (Å²) >= 11 is 1.83. The third-order valence-corrected chi connectivity index (χ3v) is 4.07. The van der Waals surface area contributed by atoms with Crippen molar-refractivity contribution in [3.63, 3.8) is 0 Å². The summed E-state index contributed by atoms with van der Waals surface area (Å²) in [6, 6.07) is 6.39. The van der Waals surface area contributed by atoms with Crippen LogP contribution in [0.4, 0.5) is 0 Å². The molecule has 0 aromatic carbocycles. The Hall–Kier alpha value is -1.10. The maximum absolute atomic E-state index is 5.53. The molecule has 0 unspecified atom stereocenters. The molecular weight excluding hydrogens is 256 g/mol. The molecule has 0 radical (unpaired) electrons. The largest absolute Gasteiger partial charge is 0.468 e. The minimum Gasteiger partial charge on any atom is -0.468 e. The monoisotopic (exact) mass is 278 g/mol. The zero-order valence-electron chi connectivity index (χ0n) is 11.7. The SMILES string of the molecule is CCNCc1occc1CN(C)CCc1cccs1. The zero-order valence-corrected chi connectivity index (χ0v) is 12.5. The van der Waals surface area contributed by atoms with Crippen molar-refractivity contribution in [3.05, 3.63) is 46.0 Å². The minimum absolute atomic E-state index is 0.817. The van der Waals surface area contributed by atoms with E-state index in [4.69, 9.17) is 4.42 Å². The first-order valence-corrected chi connectivity index (χ1v) is 7.64. The van der Waals surface area contributed by atoms with E-state index in [1.807, 2.05) is 11.3 Å². The van der Waals surface area contributed by atoms with E-state index in [0.717, 1.165) is 38.4 Å². The summed E-state index contributed by atoms with van der Waals surface area (Å²) in [7, 11) is 2.16. The lowest BCUT2D eigenvalue weighted by Crippen LogP contribution is -2.21. The first-order valence-electron chi connectivity index (χ1n) is 6.76. The molecule has 19 heavy (non-hydrogen) atoms. The van der Waals surface area contributed by atoms with Crippen molar-refractivity contribution in [2.75, 3.05) is 20.1 Å². The summed E-state index contributed by atoms with van der Waals surface area (Å²) in [5, 5.41) is 5.45. The third-order valence-electron chi connectivity index (χ3n) is 3.13. The van der Waals surface area contributed by atoms with Gasteiger partial charge < -0.3 is 14.6 Å². The summed E-state index contributed by atoms with van der Waals surface area (Å²) in [6.07, 6.45) is 2.91. The van der Waals surface area contributed by atoms with Gasteiger partial charge in [-0.05, 0) is 37.5 Å². The van der Waals surface area contributed by atoms with Crippen LogP contribution < -0.4 is 5.32 Å². The normalized spacial score (nSPS) is 11.3. The van der Waals surface area contributed by atoms with Gasteiger partial charge in [0.2, 0.25) is 0 Å². The Labute approximate surface area is 119 Å². The van der Waals surface area contributed by atoms with Gasteiger partial charge in [0.1, 0.15) is 5.76 Å². The van der Waals surface area contributed by atoms with Crippen LogP contribution in [0.15, 0.2) is 34.3 Å². The van der Waals surface area contributed by atoms with Crippen LogP contribution in [0.2, 0.25) is 0 Å². The molecule has 0 amide bonds. The van der Waals surface area contributed by atoms with Crippen molar-refractivity contribution < 1.29 is 4.42 Å². The van der Waals surface area contributed by atoms with Crippen LogP contribution in [-0.2, 0) is 19.5 Å². The number of nitrogens with one attached hydrogen (secondary N) is 1. The summed E-state index contributed by atoms with van der Waals surface area (Å²) in [4.78, 5) is 3.80. The van der Waals surface area contributed by atoms with Crippen LogP contribution >= 0.6 is 11.3 Å². The fourth-order valence-electron chi connectivity index (χ4n) is 2.03. The highest BCUT2D eigenvalue weighted by atomic mass is 32.1. The first-order chi connectivity index (χ1) is 9.29. The Balaban J connectivity index is 1.81. The molecule has 4 heteroatoms. The van der Waals surface area contributed by atoms with Crippen molar-refractivity contribution in [1.29, 1.82) is 0 Å². The zero-order chi connectivity index (χ0) is 13.5. The van der Waals surface area contributed by atoms with Gasteiger partial charge in [0.25, 0.3) is 0 Å². The standard InChI is InChI=1S/C15H22N2OS/c1-3-16-11-15-13(7-9-18-15)12-17(2)8-6-14-5-4-10-19-14/h4-5,7,9-10,16H,3,6,8,11-12H2,1-2H3. The first kappa shape index (κ1) is 14.3. The molecule has 2 aromatic heterocycles. The predicted octanol–water partition coefficient (Wildman–Crippen LogP) is 3.13. The van der Waals surface area contributed by atoms with Gasteiger partial charge in [-0.2, -0.15) is 0 Å². The third kappa shape index (κ3) is 4.49. The molecule has 0 saturated carbocycles. The second-order valence-electron chi connectivity index (χ2n) is 4.72. The fourth-order valence-corrected chi connectivity index (χ4v) is 2.73. The van der Waals surface area contributed by atoms with Gasteiger partial charge in [0.15, 0.2) is 0 Å². The van der Waals surface area contributed by atoms with Crippen molar-refractivity contribution in [2.24, 2.45) is 0 Å². The smallest absolute Gasteiger partial charge is 0.122 e. The number of nitrogens with zero attached hydrogens (tertiary/aromatic N) is 1. The number of furan rings is 1. The summed E-state index contributed by atoms with van der Waals surface area (Å²) in [5.41, 5.74) is 1.29. The van der Waals surface area contributed by atoms with Crippen LogP contribution in [0.5, 0.6) is 0 Å². The van der Waals surface area contributed by atoms with Crippen LogP contribution in [0, 0.1) is 0 Å². The Kier molecular flexibility index (Phi) is 5.63. The Morgan fingerprint density at radius 1 is 1.37 bits per heavy atom. The van der Waals surface area contributed by atoms with Gasteiger partial charge in [-0.25, -0.2) is 0 Å². The van der Waals surface area contributed by atoms with E-state index >= 15 is 0 Å². The van der Waals surface area contributed by atoms with Gasteiger partial charge in [0, 0.05) is 23.5 Å². The average molecular weight is 278 g/mol. The number of thiophene rings is 1. The second kappa shape index (κ2) is 7.48. The van der Waals surface area contributed by atoms with Crippen LogP contribution in [0.3, 0.4) is 0 Å². The van der Waals surface area contributed by atoms with Crippen LogP contribution in [0.1, 0.15) is 23.1 Å². The van der Waals surface area contributed by atoms with Crippen molar-refractivity contribution in [3.8, 4) is 0 Å². The minimum atomic E-state index is 0.817. The quantitative estimate of drug-likeness (QED) is 0.804. The van der Waals surface area contributed by atoms with E-state index in [1.165, 1.54) is 10.4 Å². The van der Waals surface area contributed by atoms with E-state index in [0.29, 0.717) is 0 Å². The number of rotatable bonds is 8. The molecule has 0 spiro atoms. The Morgan fingerprint density at radius 3 is 3.00 bits per heavy atom. The molecule has 0 atom stereocenters. The molecule has 104 valence electrons. The van der Waals surface area contributed by atoms with Crippen molar-refractivity contribution in [2.45, 2.75) is 26.4 Å². The molecule has 0 bridgehead atoms. The summed E-state index contributed by atoms with van der Waals surface area (Å²) in [5.74, 6) is 1.06. The molecular formula is C15H22N2OS. The molecule has 0 aliphatic heterocycles. The molecule has 0 fully saturated rings. The Morgan fingerprint density at radius 2 is 2.26 bits per heavy atom. The van der Waals surface area contributed by atoms with Gasteiger partial charge >= 0.3 is 0 Å². The van der Waals surface area contributed by atoms with E-state index in [2.05, 4.69) is 47.8 Å². The van der Waals surface area contributed by atoms with E-state index < -0.39 is 0 Å². The highest BCUT2D eigenvalue weighted by Crippen LogP contribution is 2.14. The molecule has 3 nitrogen and oxygen atoms in total. The summed E-state index contributed by atoms with van der Waals surface area (Å²) in [6.45, 7) is 5.91. The maximum atomic E-state index is 5.53. The fraction of sp³-hybridized carbons (Fsp3) is 0.467. The molecule has 0 saturated heterocycles. The van der Waals surface area contributed by atoms with Crippen molar-refractivity contribution >= 4 is 11.3 Å². The number of hydrogen-bond acceptors (Lipinski definition) is 4. The number of hydrogen-bond donors (Lipinski definition) is 1. The van der Waals surface area contributed by atoms with Crippen molar-refractivity contribution in [1.82, 2.24) is 10.2 Å². The maximum Gasteiger partial charge on any atom is 0.122 e. The van der Waals surface area contributed by atoms with E-state index in [9.17, 15) is 0 Å². The summed E-state index contributed by atoms with van der Waals surface area (Å²) < 4.78 is 5.53. The Bertz CT molecular complexity index is 464. The lowest BCUT2D eigenvalue weighted by Gasteiger charge is -2.16. The van der Waals surface area contributed by atoms with Gasteiger partial charge in [-0.15, -0.1) is 11.3 Å². The van der Waals surface area contributed by atoms with Crippen LogP contribution in [-0.4, -0.2) is 25.0 Å². The van der Waals surface area contributed by atoms with Gasteiger partial charge in [-0.1, -0.05) is 13.0 Å². The number of likely N-dealkylation sites (N-methyl/N-ethyl adjacent to an activating group) is 1. The predicted molar refractivity (Wildman–Crippen MR) is 80.4 cm³/mol. The molecule has 0 aliphatic carbocycles. The average Bonchev–Trinajstić information content (AvgIpc) is 3.05. The lowest BCUT2D eigenvalue weighted by atomic mass is 10.2. The van der Waals surface area contributed by atoms with E-state index in [1.54, 1.807) is 6.26 Å². The molecule has 1 N–H and O–H groups in total. The molecule has 2 aromatic rings. The molecule has 2 heterocycles. The second-order valence-corrected chi connectivity index (χ2v) is 5.75. The van der Waals surface area contributed by atoms with Gasteiger partial charge in [0.05, 0.1) is 12.8 Å². The van der Waals surface area contributed by atoms with E-state index in [-0.39, 0.29) is 0 Å². The van der Waals surface area contributed by atoms with Gasteiger partial charge in [-0.3, -0.25) is 0 Å². The highest BCUT2D eigenvalue weighted by molar-refractivity contribution is 7.09.